The summed E-state index contributed by atoms with van der Waals surface area (Å²) in [6.45, 7) is 11.2. The average molecular weight is 413 g/mol. The third-order valence-electron chi connectivity index (χ3n) is 4.88. The predicted molar refractivity (Wildman–Crippen MR) is 97.7 cm³/mol. The van der Waals surface area contributed by atoms with Gasteiger partial charge in [-0.25, -0.2) is 0 Å². The van der Waals surface area contributed by atoms with E-state index < -0.39 is 18.4 Å². The van der Waals surface area contributed by atoms with E-state index in [1.54, 1.807) is 0 Å². The molecule has 1 aliphatic rings. The topological polar surface area (TPSA) is 26.3 Å². The SMILES string of the molecule is C=CCC1=[C]([Sn]([CH2]CCC)([CH2]CCC)[CH2]CCC)C(=O)OC1. The number of rotatable bonds is 12. The molecule has 2 nitrogen and oxygen atoms in total. The number of carbonyl (C=O) groups excluding carboxylic acids is 1. The van der Waals surface area contributed by atoms with Crippen molar-refractivity contribution in [2.75, 3.05) is 6.61 Å². The standard InChI is InChI=1S/C7H7O2.3C4H9.Sn/c1-2-3-6-4-7(8)9-5-6;3*1-3-4-2;/h2H,1,3,5H2;3*1,3-4H2,2H3;. The van der Waals surface area contributed by atoms with Gasteiger partial charge in [0.2, 0.25) is 0 Å². The quantitative estimate of drug-likeness (QED) is 0.230. The van der Waals surface area contributed by atoms with Crippen molar-refractivity contribution in [2.24, 2.45) is 0 Å². The minimum atomic E-state index is -2.64. The van der Waals surface area contributed by atoms with Crippen molar-refractivity contribution in [1.82, 2.24) is 0 Å². The zero-order valence-electron chi connectivity index (χ0n) is 14.9. The third kappa shape index (κ3) is 5.14. The summed E-state index contributed by atoms with van der Waals surface area (Å²) in [5.41, 5.74) is 1.28. The van der Waals surface area contributed by atoms with Crippen LogP contribution in [0.1, 0.15) is 65.7 Å². The molecule has 0 saturated heterocycles. The van der Waals surface area contributed by atoms with E-state index in [2.05, 4.69) is 27.4 Å². The van der Waals surface area contributed by atoms with Gasteiger partial charge in [0.15, 0.2) is 0 Å². The van der Waals surface area contributed by atoms with Crippen LogP contribution < -0.4 is 0 Å². The molecule has 0 aliphatic carbocycles. The maximum atomic E-state index is 12.5. The summed E-state index contributed by atoms with van der Waals surface area (Å²) < 4.78 is 10.7. The molecule has 0 aromatic heterocycles. The van der Waals surface area contributed by atoms with E-state index in [1.807, 2.05) is 6.08 Å². The number of esters is 1. The number of carbonyl (C=O) groups is 1. The molecule has 22 heavy (non-hydrogen) atoms. The number of hydrogen-bond acceptors (Lipinski definition) is 2. The zero-order chi connectivity index (χ0) is 16.4. The van der Waals surface area contributed by atoms with Crippen LogP contribution in [0.4, 0.5) is 0 Å². The molecule has 1 heterocycles. The maximum absolute atomic E-state index is 12.5. The van der Waals surface area contributed by atoms with Crippen LogP contribution in [0.15, 0.2) is 21.8 Å². The van der Waals surface area contributed by atoms with Crippen LogP contribution in [-0.2, 0) is 9.53 Å². The fourth-order valence-electron chi connectivity index (χ4n) is 3.66. The fourth-order valence-corrected chi connectivity index (χ4v) is 20.8. The Morgan fingerprint density at radius 1 is 1.05 bits per heavy atom. The Bertz CT molecular complexity index is 376. The Morgan fingerprint density at radius 2 is 1.55 bits per heavy atom. The second-order valence-electron chi connectivity index (χ2n) is 6.64. The Labute approximate surface area is 141 Å². The molecule has 1 rings (SSSR count). The molecule has 0 bridgehead atoms. The number of ether oxygens (including phenoxy) is 1. The monoisotopic (exact) mass is 414 g/mol. The average Bonchev–Trinajstić information content (AvgIpc) is 2.89. The van der Waals surface area contributed by atoms with Crippen LogP contribution in [0.2, 0.25) is 13.3 Å². The summed E-state index contributed by atoms with van der Waals surface area (Å²) in [7, 11) is 0. The van der Waals surface area contributed by atoms with Crippen molar-refractivity contribution in [3.63, 3.8) is 0 Å². The predicted octanol–water partition coefficient (Wildman–Crippen LogP) is 5.80. The Balaban J connectivity index is 3.19. The number of allylic oxidation sites excluding steroid dienone is 1. The second-order valence-corrected chi connectivity index (χ2v) is 19.7. The van der Waals surface area contributed by atoms with Gasteiger partial charge in [-0.1, -0.05) is 0 Å². The van der Waals surface area contributed by atoms with Gasteiger partial charge in [0, 0.05) is 0 Å². The molecular formula is C19H34O2Sn. The van der Waals surface area contributed by atoms with E-state index in [-0.39, 0.29) is 5.97 Å². The molecule has 0 atom stereocenters. The normalized spacial score (nSPS) is 15.3. The number of unbranched alkanes of at least 4 members (excludes halogenated alkanes) is 3. The first-order valence-corrected chi connectivity index (χ1v) is 16.6. The van der Waals surface area contributed by atoms with Crippen LogP contribution in [0.25, 0.3) is 0 Å². The van der Waals surface area contributed by atoms with Crippen molar-refractivity contribution < 1.29 is 9.53 Å². The van der Waals surface area contributed by atoms with Gasteiger partial charge in [0.25, 0.3) is 0 Å². The molecule has 3 heteroatoms. The summed E-state index contributed by atoms with van der Waals surface area (Å²) in [6, 6.07) is 0. The van der Waals surface area contributed by atoms with E-state index in [0.717, 1.165) is 6.42 Å². The van der Waals surface area contributed by atoms with Gasteiger partial charge >= 0.3 is 141 Å². The minimum absolute atomic E-state index is 0.0379. The van der Waals surface area contributed by atoms with Crippen molar-refractivity contribution in [3.8, 4) is 0 Å². The summed E-state index contributed by atoms with van der Waals surface area (Å²) in [5, 5.41) is 0. The van der Waals surface area contributed by atoms with Gasteiger partial charge in [-0.2, -0.15) is 0 Å². The molecule has 126 valence electrons. The molecule has 0 N–H and O–H groups in total. The number of hydrogen-bond donors (Lipinski definition) is 0. The van der Waals surface area contributed by atoms with Gasteiger partial charge in [-0.3, -0.25) is 0 Å². The molecule has 0 amide bonds. The molecule has 1 aliphatic heterocycles. The van der Waals surface area contributed by atoms with Crippen molar-refractivity contribution in [2.45, 2.75) is 79.0 Å². The van der Waals surface area contributed by atoms with Crippen molar-refractivity contribution in [3.05, 3.63) is 21.8 Å². The molecule has 0 radical (unpaired) electrons. The van der Waals surface area contributed by atoms with Crippen LogP contribution in [-0.4, -0.2) is 31.0 Å². The van der Waals surface area contributed by atoms with E-state index in [4.69, 9.17) is 4.74 Å². The molecule has 0 saturated carbocycles. The fraction of sp³-hybridized carbons (Fsp3) is 0.737. The van der Waals surface area contributed by atoms with Gasteiger partial charge in [-0.15, -0.1) is 0 Å². The summed E-state index contributed by atoms with van der Waals surface area (Å²) in [5.74, 6) is 0.0379. The van der Waals surface area contributed by atoms with Crippen molar-refractivity contribution >= 4 is 24.3 Å². The van der Waals surface area contributed by atoms with Crippen LogP contribution in [0.5, 0.6) is 0 Å². The van der Waals surface area contributed by atoms with Crippen LogP contribution >= 0.6 is 0 Å². The van der Waals surface area contributed by atoms with E-state index >= 15 is 0 Å². The van der Waals surface area contributed by atoms with Crippen LogP contribution in [0, 0.1) is 0 Å². The molecule has 0 fully saturated rings. The second kappa shape index (κ2) is 10.5. The van der Waals surface area contributed by atoms with Crippen molar-refractivity contribution in [1.29, 1.82) is 0 Å². The Hall–Kier alpha value is -0.251. The van der Waals surface area contributed by atoms with Gasteiger partial charge < -0.3 is 0 Å². The molecule has 0 unspecified atom stereocenters. The summed E-state index contributed by atoms with van der Waals surface area (Å²) in [6.07, 6.45) is 10.3. The third-order valence-corrected chi connectivity index (χ3v) is 20.7. The van der Waals surface area contributed by atoms with E-state index in [1.165, 1.54) is 61.0 Å². The summed E-state index contributed by atoms with van der Waals surface area (Å²) >= 11 is -2.64. The number of cyclic esters (lactones) is 1. The Kier molecular flexibility index (Phi) is 9.46. The first-order chi connectivity index (χ1) is 10.6. The van der Waals surface area contributed by atoms with Crippen LogP contribution in [0.3, 0.4) is 0 Å². The van der Waals surface area contributed by atoms with Gasteiger partial charge in [0.1, 0.15) is 0 Å². The van der Waals surface area contributed by atoms with Gasteiger partial charge in [-0.05, 0) is 0 Å². The first kappa shape index (κ1) is 19.8. The van der Waals surface area contributed by atoms with E-state index in [9.17, 15) is 4.79 Å². The first-order valence-electron chi connectivity index (χ1n) is 9.15. The molecular weight excluding hydrogens is 379 g/mol. The zero-order valence-corrected chi connectivity index (χ0v) is 17.7. The van der Waals surface area contributed by atoms with E-state index in [0.29, 0.717) is 6.61 Å². The molecule has 0 aromatic rings. The molecule has 0 aromatic carbocycles. The Morgan fingerprint density at radius 3 is 1.95 bits per heavy atom. The molecule has 0 spiro atoms. The van der Waals surface area contributed by atoms with Gasteiger partial charge in [0.05, 0.1) is 0 Å². The summed E-state index contributed by atoms with van der Waals surface area (Å²) in [4.78, 5) is 12.5.